The molecule has 1 fully saturated rings. The van der Waals surface area contributed by atoms with Gasteiger partial charge in [0.05, 0.1) is 0 Å². The molecule has 0 aliphatic heterocycles. The SMILES string of the molecule is CC.CC1CCCC2CC=CC12. The normalized spacial score (nSPS) is 38.4. The van der Waals surface area contributed by atoms with Crippen molar-refractivity contribution in [1.29, 1.82) is 0 Å². The summed E-state index contributed by atoms with van der Waals surface area (Å²) in [5.41, 5.74) is 0. The Morgan fingerprint density at radius 1 is 1.17 bits per heavy atom. The third kappa shape index (κ3) is 1.91. The molecule has 0 nitrogen and oxygen atoms in total. The standard InChI is InChI=1S/C10H16.C2H6/c1-8-4-2-5-9-6-3-7-10(8)9;1-2/h3,7-10H,2,4-6H2,1H3;1-2H3. The van der Waals surface area contributed by atoms with Crippen molar-refractivity contribution in [3.05, 3.63) is 12.2 Å². The number of allylic oxidation sites excluding steroid dienone is 2. The summed E-state index contributed by atoms with van der Waals surface area (Å²) in [7, 11) is 0. The van der Waals surface area contributed by atoms with E-state index in [9.17, 15) is 0 Å². The first-order valence-electron chi connectivity index (χ1n) is 5.54. The zero-order chi connectivity index (χ0) is 8.97. The predicted molar refractivity (Wildman–Crippen MR) is 55.1 cm³/mol. The lowest BCUT2D eigenvalue weighted by Crippen LogP contribution is -2.21. The van der Waals surface area contributed by atoms with E-state index in [0.717, 1.165) is 17.8 Å². The van der Waals surface area contributed by atoms with Crippen LogP contribution in [0, 0.1) is 17.8 Å². The van der Waals surface area contributed by atoms with Crippen LogP contribution in [0.4, 0.5) is 0 Å². The molecule has 0 amide bonds. The van der Waals surface area contributed by atoms with Gasteiger partial charge in [0.15, 0.2) is 0 Å². The van der Waals surface area contributed by atoms with E-state index in [4.69, 9.17) is 0 Å². The largest absolute Gasteiger partial charge is 0.0879 e. The third-order valence-corrected chi connectivity index (χ3v) is 3.23. The summed E-state index contributed by atoms with van der Waals surface area (Å²) in [6, 6.07) is 0. The molecule has 0 N–H and O–H groups in total. The zero-order valence-electron chi connectivity index (χ0n) is 8.72. The molecule has 0 heteroatoms. The fraction of sp³-hybridized carbons (Fsp3) is 0.833. The van der Waals surface area contributed by atoms with Gasteiger partial charge in [-0.1, -0.05) is 45.8 Å². The number of fused-ring (bicyclic) bond motifs is 1. The van der Waals surface area contributed by atoms with Crippen LogP contribution in [0.15, 0.2) is 12.2 Å². The maximum atomic E-state index is 2.45. The second kappa shape index (κ2) is 4.69. The summed E-state index contributed by atoms with van der Waals surface area (Å²) in [5, 5.41) is 0. The van der Waals surface area contributed by atoms with Crippen LogP contribution in [0.1, 0.15) is 46.5 Å². The van der Waals surface area contributed by atoms with E-state index in [1.807, 2.05) is 13.8 Å². The van der Waals surface area contributed by atoms with E-state index in [0.29, 0.717) is 0 Å². The molecule has 12 heavy (non-hydrogen) atoms. The van der Waals surface area contributed by atoms with Gasteiger partial charge in [0.25, 0.3) is 0 Å². The molecule has 0 aromatic rings. The molecule has 2 rings (SSSR count). The number of hydrogen-bond acceptors (Lipinski definition) is 0. The Balaban J connectivity index is 0.000000336. The van der Waals surface area contributed by atoms with Crippen LogP contribution in [0.5, 0.6) is 0 Å². The van der Waals surface area contributed by atoms with Gasteiger partial charge in [-0.3, -0.25) is 0 Å². The first-order chi connectivity index (χ1) is 5.88. The topological polar surface area (TPSA) is 0 Å². The van der Waals surface area contributed by atoms with Crippen LogP contribution in [0.3, 0.4) is 0 Å². The highest BCUT2D eigenvalue weighted by molar-refractivity contribution is 5.04. The molecular weight excluding hydrogens is 144 g/mol. The molecule has 3 atom stereocenters. The van der Waals surface area contributed by atoms with Gasteiger partial charge in [0.1, 0.15) is 0 Å². The van der Waals surface area contributed by atoms with Gasteiger partial charge >= 0.3 is 0 Å². The van der Waals surface area contributed by atoms with Gasteiger partial charge < -0.3 is 0 Å². The van der Waals surface area contributed by atoms with Crippen molar-refractivity contribution in [3.63, 3.8) is 0 Å². The summed E-state index contributed by atoms with van der Waals surface area (Å²) in [6.45, 7) is 6.41. The molecule has 0 aromatic heterocycles. The molecule has 0 radical (unpaired) electrons. The minimum atomic E-state index is 0.953. The fourth-order valence-electron chi connectivity index (χ4n) is 2.58. The van der Waals surface area contributed by atoms with E-state index < -0.39 is 0 Å². The lowest BCUT2D eigenvalue weighted by atomic mass is 9.75. The minimum Gasteiger partial charge on any atom is -0.0879 e. The third-order valence-electron chi connectivity index (χ3n) is 3.23. The molecule has 0 aromatic carbocycles. The summed E-state index contributed by atoms with van der Waals surface area (Å²) >= 11 is 0. The van der Waals surface area contributed by atoms with E-state index in [-0.39, 0.29) is 0 Å². The van der Waals surface area contributed by atoms with Gasteiger partial charge in [-0.2, -0.15) is 0 Å². The Hall–Kier alpha value is -0.260. The van der Waals surface area contributed by atoms with Crippen molar-refractivity contribution in [1.82, 2.24) is 0 Å². The smallest absolute Gasteiger partial charge is 0.0176 e. The number of rotatable bonds is 0. The molecule has 0 heterocycles. The molecular formula is C12H22. The quantitative estimate of drug-likeness (QED) is 0.477. The average molecular weight is 166 g/mol. The monoisotopic (exact) mass is 166 g/mol. The highest BCUT2D eigenvalue weighted by atomic mass is 14.3. The molecule has 0 spiro atoms. The van der Waals surface area contributed by atoms with Gasteiger partial charge in [-0.05, 0) is 30.6 Å². The van der Waals surface area contributed by atoms with Crippen LogP contribution < -0.4 is 0 Å². The van der Waals surface area contributed by atoms with Gasteiger partial charge in [0, 0.05) is 0 Å². The summed E-state index contributed by atoms with van der Waals surface area (Å²) in [6.07, 6.45) is 10.6. The van der Waals surface area contributed by atoms with Crippen molar-refractivity contribution in [3.8, 4) is 0 Å². The molecule has 0 saturated heterocycles. The molecule has 3 unspecified atom stereocenters. The van der Waals surface area contributed by atoms with Crippen LogP contribution in [0.25, 0.3) is 0 Å². The van der Waals surface area contributed by atoms with Crippen LogP contribution in [0.2, 0.25) is 0 Å². The van der Waals surface area contributed by atoms with Gasteiger partial charge in [0.2, 0.25) is 0 Å². The molecule has 1 saturated carbocycles. The Bertz CT molecular complexity index is 146. The maximum Gasteiger partial charge on any atom is -0.0176 e. The predicted octanol–water partition coefficient (Wildman–Crippen LogP) is 4.02. The summed E-state index contributed by atoms with van der Waals surface area (Å²) in [4.78, 5) is 0. The van der Waals surface area contributed by atoms with Crippen LogP contribution >= 0.6 is 0 Å². The zero-order valence-corrected chi connectivity index (χ0v) is 8.72. The van der Waals surface area contributed by atoms with Gasteiger partial charge in [-0.25, -0.2) is 0 Å². The van der Waals surface area contributed by atoms with E-state index in [1.165, 1.54) is 25.7 Å². The fourth-order valence-corrected chi connectivity index (χ4v) is 2.58. The highest BCUT2D eigenvalue weighted by Gasteiger charge is 2.30. The van der Waals surface area contributed by atoms with Crippen LogP contribution in [-0.2, 0) is 0 Å². The number of hydrogen-bond donors (Lipinski definition) is 0. The summed E-state index contributed by atoms with van der Waals surface area (Å²) < 4.78 is 0. The Morgan fingerprint density at radius 3 is 2.58 bits per heavy atom. The molecule has 2 aliphatic carbocycles. The van der Waals surface area contributed by atoms with Crippen LogP contribution in [-0.4, -0.2) is 0 Å². The molecule has 2 aliphatic rings. The average Bonchev–Trinajstić information content (AvgIpc) is 2.57. The van der Waals surface area contributed by atoms with Gasteiger partial charge in [-0.15, -0.1) is 0 Å². The van der Waals surface area contributed by atoms with E-state index >= 15 is 0 Å². The van der Waals surface area contributed by atoms with Crippen molar-refractivity contribution in [2.75, 3.05) is 0 Å². The maximum absolute atomic E-state index is 2.45. The Labute approximate surface area is 77.1 Å². The Kier molecular flexibility index (Phi) is 3.84. The highest BCUT2D eigenvalue weighted by Crippen LogP contribution is 2.40. The van der Waals surface area contributed by atoms with Crippen molar-refractivity contribution < 1.29 is 0 Å². The second-order valence-corrected chi connectivity index (χ2v) is 3.91. The lowest BCUT2D eigenvalue weighted by Gasteiger charge is -2.30. The molecule has 0 bridgehead atoms. The van der Waals surface area contributed by atoms with Crippen molar-refractivity contribution in [2.45, 2.75) is 46.5 Å². The molecule has 70 valence electrons. The van der Waals surface area contributed by atoms with Crippen molar-refractivity contribution in [2.24, 2.45) is 17.8 Å². The summed E-state index contributed by atoms with van der Waals surface area (Å²) in [5.74, 6) is 2.95. The first kappa shape index (κ1) is 9.83. The van der Waals surface area contributed by atoms with E-state index in [1.54, 1.807) is 0 Å². The Morgan fingerprint density at radius 2 is 1.92 bits per heavy atom. The second-order valence-electron chi connectivity index (χ2n) is 3.91. The first-order valence-corrected chi connectivity index (χ1v) is 5.54. The van der Waals surface area contributed by atoms with Crippen molar-refractivity contribution >= 4 is 0 Å². The minimum absolute atomic E-state index is 0.953. The lowest BCUT2D eigenvalue weighted by molar-refractivity contribution is 0.224. The van der Waals surface area contributed by atoms with E-state index in [2.05, 4.69) is 19.1 Å².